The minimum atomic E-state index is -0.534. The maximum atomic E-state index is 13.9. The summed E-state index contributed by atoms with van der Waals surface area (Å²) in [6.45, 7) is 2.55. The Kier molecular flexibility index (Phi) is 7.33. The van der Waals surface area contributed by atoms with Gasteiger partial charge in [0, 0.05) is 49.0 Å². The van der Waals surface area contributed by atoms with Gasteiger partial charge in [-0.2, -0.15) is 0 Å². The molecule has 6 nitrogen and oxygen atoms in total. The average molecular weight is 522 g/mol. The molecule has 0 aromatic heterocycles. The number of hydrogen-bond acceptors (Lipinski definition) is 4. The van der Waals surface area contributed by atoms with Gasteiger partial charge in [0.15, 0.2) is 0 Å². The zero-order valence-electron chi connectivity index (χ0n) is 20.6. The van der Waals surface area contributed by atoms with Gasteiger partial charge in [-0.15, -0.1) is 0 Å². The zero-order valence-corrected chi connectivity index (χ0v) is 21.4. The van der Waals surface area contributed by atoms with Crippen LogP contribution < -0.4 is 14.5 Å². The molecule has 3 aromatic rings. The Labute approximate surface area is 221 Å². The van der Waals surface area contributed by atoms with Gasteiger partial charge in [0.25, 0.3) is 0 Å². The van der Waals surface area contributed by atoms with Crippen LogP contribution in [0.25, 0.3) is 0 Å². The summed E-state index contributed by atoms with van der Waals surface area (Å²) in [5.74, 6) is -0.165. The van der Waals surface area contributed by atoms with Gasteiger partial charge in [0.2, 0.25) is 11.8 Å². The third-order valence-electron chi connectivity index (χ3n) is 7.24. The van der Waals surface area contributed by atoms with E-state index >= 15 is 0 Å². The van der Waals surface area contributed by atoms with E-state index in [-0.39, 0.29) is 24.1 Å². The molecule has 2 aliphatic rings. The van der Waals surface area contributed by atoms with E-state index in [1.165, 1.54) is 12.1 Å². The highest BCUT2D eigenvalue weighted by atomic mass is 35.5. The topological polar surface area (TPSA) is 53.1 Å². The highest BCUT2D eigenvalue weighted by molar-refractivity contribution is 6.30. The number of amides is 2. The second kappa shape index (κ2) is 10.8. The molecule has 37 heavy (non-hydrogen) atoms. The van der Waals surface area contributed by atoms with Gasteiger partial charge in [-0.1, -0.05) is 29.8 Å². The van der Waals surface area contributed by atoms with Crippen molar-refractivity contribution in [3.8, 4) is 5.75 Å². The van der Waals surface area contributed by atoms with Crippen molar-refractivity contribution >= 4 is 34.8 Å². The van der Waals surface area contributed by atoms with Gasteiger partial charge in [-0.05, 0) is 66.6 Å². The number of carbonyl (C=O) groups excluding carboxylic acids is 2. The summed E-state index contributed by atoms with van der Waals surface area (Å²) in [5.41, 5.74) is 2.46. The molecule has 0 unspecified atom stereocenters. The van der Waals surface area contributed by atoms with Crippen LogP contribution in [0.3, 0.4) is 0 Å². The molecule has 2 fully saturated rings. The molecular weight excluding hydrogens is 493 g/mol. The predicted octanol–water partition coefficient (Wildman–Crippen LogP) is 5.32. The van der Waals surface area contributed by atoms with Crippen molar-refractivity contribution in [2.75, 3.05) is 43.1 Å². The van der Waals surface area contributed by atoms with Gasteiger partial charge < -0.3 is 19.4 Å². The Hall–Kier alpha value is -3.58. The SMILES string of the molecule is COc1ccc(N2C(=O)CC[C@@H](C(=O)N3CCN(c4cccc(Cl)c4)CC3)[C@H]2c2ccc(F)cc2)cc1. The minimum absolute atomic E-state index is 0.0195. The lowest BCUT2D eigenvalue weighted by molar-refractivity contribution is -0.138. The van der Waals surface area contributed by atoms with E-state index in [0.29, 0.717) is 49.1 Å². The second-order valence-electron chi connectivity index (χ2n) is 9.40. The summed E-state index contributed by atoms with van der Waals surface area (Å²) < 4.78 is 19.1. The van der Waals surface area contributed by atoms with Crippen LogP contribution in [0, 0.1) is 11.7 Å². The van der Waals surface area contributed by atoms with E-state index in [1.54, 1.807) is 36.3 Å². The highest BCUT2D eigenvalue weighted by Crippen LogP contribution is 2.41. The number of piperidine rings is 1. The maximum absolute atomic E-state index is 13.9. The third kappa shape index (κ3) is 5.27. The van der Waals surface area contributed by atoms with Crippen molar-refractivity contribution in [1.29, 1.82) is 0 Å². The average Bonchev–Trinajstić information content (AvgIpc) is 2.93. The fourth-order valence-electron chi connectivity index (χ4n) is 5.33. The van der Waals surface area contributed by atoms with Gasteiger partial charge in [0.05, 0.1) is 19.1 Å². The maximum Gasteiger partial charge on any atom is 0.228 e. The molecule has 2 amide bonds. The van der Waals surface area contributed by atoms with Crippen LogP contribution in [0.2, 0.25) is 5.02 Å². The number of nitrogens with zero attached hydrogens (tertiary/aromatic N) is 3. The van der Waals surface area contributed by atoms with Crippen molar-refractivity contribution < 1.29 is 18.7 Å². The quantitative estimate of drug-likeness (QED) is 0.456. The fourth-order valence-corrected chi connectivity index (χ4v) is 5.52. The number of piperazine rings is 1. The number of ether oxygens (including phenoxy) is 1. The van der Waals surface area contributed by atoms with E-state index in [1.807, 2.05) is 41.3 Å². The Morgan fingerprint density at radius 1 is 0.946 bits per heavy atom. The first-order valence-corrected chi connectivity index (χ1v) is 12.8. The van der Waals surface area contributed by atoms with E-state index < -0.39 is 12.0 Å². The van der Waals surface area contributed by atoms with Crippen LogP contribution in [-0.2, 0) is 9.59 Å². The van der Waals surface area contributed by atoms with Crippen LogP contribution in [0.4, 0.5) is 15.8 Å². The van der Waals surface area contributed by atoms with Crippen molar-refractivity contribution in [2.45, 2.75) is 18.9 Å². The molecular formula is C29H29ClFN3O3. The van der Waals surface area contributed by atoms with Crippen molar-refractivity contribution in [1.82, 2.24) is 4.90 Å². The standard InChI is InChI=1S/C29H29ClFN3O3/c1-37-25-11-9-23(10-12-25)34-27(35)14-13-26(28(34)20-5-7-22(31)8-6-20)29(36)33-17-15-32(16-18-33)24-4-2-3-21(30)19-24/h2-12,19,26,28H,13-18H2,1H3/t26-,28-/m1/s1. The Balaban J connectivity index is 1.41. The van der Waals surface area contributed by atoms with Crippen LogP contribution >= 0.6 is 11.6 Å². The monoisotopic (exact) mass is 521 g/mol. The lowest BCUT2D eigenvalue weighted by atomic mass is 9.82. The molecule has 0 N–H and O–H groups in total. The first-order valence-electron chi connectivity index (χ1n) is 12.5. The summed E-state index contributed by atoms with van der Waals surface area (Å²) in [5, 5.41) is 0.684. The summed E-state index contributed by atoms with van der Waals surface area (Å²) in [6.07, 6.45) is 0.712. The number of carbonyl (C=O) groups is 2. The zero-order chi connectivity index (χ0) is 25.9. The van der Waals surface area contributed by atoms with Gasteiger partial charge in [-0.3, -0.25) is 9.59 Å². The first-order chi connectivity index (χ1) is 17.9. The smallest absolute Gasteiger partial charge is 0.228 e. The molecule has 0 radical (unpaired) electrons. The summed E-state index contributed by atoms with van der Waals surface area (Å²) in [6, 6.07) is 20.5. The largest absolute Gasteiger partial charge is 0.497 e. The normalized spacial score (nSPS) is 20.2. The number of anilines is 2. The first kappa shape index (κ1) is 25.1. The molecule has 192 valence electrons. The third-order valence-corrected chi connectivity index (χ3v) is 7.48. The Morgan fingerprint density at radius 3 is 2.30 bits per heavy atom. The molecule has 2 atom stereocenters. The Bertz CT molecular complexity index is 1260. The van der Waals surface area contributed by atoms with Crippen molar-refractivity contribution in [2.24, 2.45) is 5.92 Å². The van der Waals surface area contributed by atoms with E-state index in [4.69, 9.17) is 16.3 Å². The predicted molar refractivity (Wildman–Crippen MR) is 143 cm³/mol. The summed E-state index contributed by atoms with van der Waals surface area (Å²) in [4.78, 5) is 33.0. The summed E-state index contributed by atoms with van der Waals surface area (Å²) >= 11 is 6.17. The fraction of sp³-hybridized carbons (Fsp3) is 0.310. The lowest BCUT2D eigenvalue weighted by Crippen LogP contribution is -2.54. The lowest BCUT2D eigenvalue weighted by Gasteiger charge is -2.44. The van der Waals surface area contributed by atoms with Crippen LogP contribution in [-0.4, -0.2) is 50.0 Å². The van der Waals surface area contributed by atoms with Crippen LogP contribution in [0.1, 0.15) is 24.4 Å². The molecule has 0 aliphatic carbocycles. The van der Waals surface area contributed by atoms with E-state index in [9.17, 15) is 14.0 Å². The second-order valence-corrected chi connectivity index (χ2v) is 9.83. The highest BCUT2D eigenvalue weighted by Gasteiger charge is 2.43. The Morgan fingerprint density at radius 2 is 1.65 bits per heavy atom. The number of methoxy groups -OCH3 is 1. The number of rotatable bonds is 5. The van der Waals surface area contributed by atoms with E-state index in [0.717, 1.165) is 11.3 Å². The van der Waals surface area contributed by atoms with Crippen LogP contribution in [0.15, 0.2) is 72.8 Å². The van der Waals surface area contributed by atoms with Gasteiger partial charge in [-0.25, -0.2) is 4.39 Å². The molecule has 2 heterocycles. The van der Waals surface area contributed by atoms with E-state index in [2.05, 4.69) is 4.90 Å². The van der Waals surface area contributed by atoms with Gasteiger partial charge in [0.1, 0.15) is 11.6 Å². The molecule has 2 saturated heterocycles. The summed E-state index contributed by atoms with van der Waals surface area (Å²) in [7, 11) is 1.59. The molecule has 0 bridgehead atoms. The number of benzene rings is 3. The number of hydrogen-bond donors (Lipinski definition) is 0. The van der Waals surface area contributed by atoms with Crippen molar-refractivity contribution in [3.05, 3.63) is 89.2 Å². The van der Waals surface area contributed by atoms with Gasteiger partial charge >= 0.3 is 0 Å². The van der Waals surface area contributed by atoms with Crippen molar-refractivity contribution in [3.63, 3.8) is 0 Å². The molecule has 3 aromatic carbocycles. The molecule has 0 saturated carbocycles. The number of halogens is 2. The molecule has 0 spiro atoms. The van der Waals surface area contributed by atoms with Crippen LogP contribution in [0.5, 0.6) is 5.75 Å². The molecule has 2 aliphatic heterocycles. The molecule has 5 rings (SSSR count). The molecule has 8 heteroatoms. The minimum Gasteiger partial charge on any atom is -0.497 e.